The van der Waals surface area contributed by atoms with E-state index in [9.17, 15) is 0 Å². The maximum Gasteiger partial charge on any atom is 0.191 e. The summed E-state index contributed by atoms with van der Waals surface area (Å²) in [7, 11) is 0. The van der Waals surface area contributed by atoms with E-state index >= 15 is 0 Å². The summed E-state index contributed by atoms with van der Waals surface area (Å²) in [4.78, 5) is 4.09. The van der Waals surface area contributed by atoms with E-state index in [1.54, 1.807) is 0 Å². The zero-order chi connectivity index (χ0) is 8.15. The van der Waals surface area contributed by atoms with Crippen LogP contribution in [0.4, 0.5) is 0 Å². The average Bonchev–Trinajstić information content (AvgIpc) is 1.58. The summed E-state index contributed by atoms with van der Waals surface area (Å²) in [6.45, 7) is 8.03. The molecule has 0 bridgehead atoms. The van der Waals surface area contributed by atoms with Crippen LogP contribution in [0.5, 0.6) is 0 Å². The number of nitrogens with one attached hydrogen (secondary N) is 1. The maximum atomic E-state index is 5.71. The number of halogens is 1. The molecule has 1 N–H and O–H groups in total. The Morgan fingerprint density at radius 1 is 1.30 bits per heavy atom. The molecule has 0 amide bonds. The Morgan fingerprint density at radius 2 is 1.80 bits per heavy atom. The second-order valence-electron chi connectivity index (χ2n) is 2.81. The Balaban J connectivity index is 3.71. The van der Waals surface area contributed by atoms with E-state index < -0.39 is 0 Å². The van der Waals surface area contributed by atoms with E-state index in [1.165, 1.54) is 0 Å². The van der Waals surface area contributed by atoms with Crippen molar-refractivity contribution in [2.24, 2.45) is 4.99 Å². The number of hydrogen-bond donors (Lipinski definition) is 1. The molecule has 2 nitrogen and oxygen atoms in total. The van der Waals surface area contributed by atoms with Crippen LogP contribution in [0, 0.1) is 0 Å². The fourth-order valence-corrected chi connectivity index (χ4v) is 0.916. The van der Waals surface area contributed by atoms with Gasteiger partial charge in [0.2, 0.25) is 0 Å². The van der Waals surface area contributed by atoms with Gasteiger partial charge in [-0.25, -0.2) is 0 Å². The Kier molecular flexibility index (Phi) is 4.45. The number of nitrogens with zero attached hydrogens (tertiary/aromatic N) is 1. The largest absolute Gasteiger partial charge is 0.359 e. The molecule has 0 saturated heterocycles. The predicted octanol–water partition coefficient (Wildman–Crippen LogP) is 1.99. The lowest BCUT2D eigenvalue weighted by atomic mass is 10.4. The fourth-order valence-electron chi connectivity index (χ4n) is 0.502. The third-order valence-corrected chi connectivity index (χ3v) is 0.986. The minimum absolute atomic E-state index is 0.263. The van der Waals surface area contributed by atoms with E-state index in [-0.39, 0.29) is 6.04 Å². The molecule has 0 aliphatic carbocycles. The summed E-state index contributed by atoms with van der Waals surface area (Å²) in [6.07, 6.45) is 0. The zero-order valence-electron chi connectivity index (χ0n) is 6.98. The molecule has 0 aliphatic heterocycles. The van der Waals surface area contributed by atoms with Crippen molar-refractivity contribution in [1.29, 1.82) is 0 Å². The first kappa shape index (κ1) is 9.76. The fraction of sp³-hybridized carbons (Fsp3) is 0.857. The van der Waals surface area contributed by atoms with Crippen molar-refractivity contribution >= 4 is 16.9 Å². The lowest BCUT2D eigenvalue weighted by molar-refractivity contribution is 0.727. The molecule has 10 heavy (non-hydrogen) atoms. The first-order valence-electron chi connectivity index (χ1n) is 3.52. The average molecular weight is 163 g/mol. The van der Waals surface area contributed by atoms with Crippen molar-refractivity contribution in [2.45, 2.75) is 39.8 Å². The van der Waals surface area contributed by atoms with Gasteiger partial charge < -0.3 is 5.32 Å². The van der Waals surface area contributed by atoms with Crippen molar-refractivity contribution in [3.63, 3.8) is 0 Å². The third kappa shape index (κ3) is 5.89. The second kappa shape index (κ2) is 4.56. The van der Waals surface area contributed by atoms with Gasteiger partial charge in [-0.2, -0.15) is 0 Å². The number of aliphatic imine (C=N–C) groups is 1. The van der Waals surface area contributed by atoms with Gasteiger partial charge in [0.05, 0.1) is 0 Å². The minimum Gasteiger partial charge on any atom is -0.359 e. The minimum atomic E-state index is 0.263. The van der Waals surface area contributed by atoms with Crippen molar-refractivity contribution in [3.05, 3.63) is 0 Å². The highest BCUT2D eigenvalue weighted by Crippen LogP contribution is 1.91. The van der Waals surface area contributed by atoms with Gasteiger partial charge in [-0.15, -0.1) is 0 Å². The highest BCUT2D eigenvalue weighted by Gasteiger charge is 1.96. The van der Waals surface area contributed by atoms with Crippen LogP contribution in [0.3, 0.4) is 0 Å². The molecule has 0 aromatic carbocycles. The van der Waals surface area contributed by atoms with E-state index in [2.05, 4.69) is 10.3 Å². The maximum absolute atomic E-state index is 5.71. The second-order valence-corrected chi connectivity index (χ2v) is 3.17. The Bertz CT molecular complexity index is 119. The van der Waals surface area contributed by atoms with Crippen molar-refractivity contribution in [1.82, 2.24) is 5.32 Å². The van der Waals surface area contributed by atoms with E-state index in [4.69, 9.17) is 11.6 Å². The summed E-state index contributed by atoms with van der Waals surface area (Å²) in [5, 5.41) is 3.49. The first-order valence-corrected chi connectivity index (χ1v) is 3.90. The van der Waals surface area contributed by atoms with E-state index in [0.29, 0.717) is 11.3 Å². The highest BCUT2D eigenvalue weighted by atomic mass is 35.5. The molecule has 0 atom stereocenters. The molecule has 0 heterocycles. The normalized spacial score (nSPS) is 12.9. The van der Waals surface area contributed by atoms with Crippen LogP contribution in [0.15, 0.2) is 4.99 Å². The Labute approximate surface area is 67.7 Å². The summed E-state index contributed by atoms with van der Waals surface area (Å²) >= 11 is 5.71. The summed E-state index contributed by atoms with van der Waals surface area (Å²) < 4.78 is 0. The van der Waals surface area contributed by atoms with Gasteiger partial charge in [0.25, 0.3) is 0 Å². The highest BCUT2D eigenvalue weighted by molar-refractivity contribution is 6.64. The lowest BCUT2D eigenvalue weighted by Gasteiger charge is -2.07. The van der Waals surface area contributed by atoms with Crippen molar-refractivity contribution in [2.75, 3.05) is 0 Å². The van der Waals surface area contributed by atoms with Gasteiger partial charge in [-0.05, 0) is 39.3 Å². The van der Waals surface area contributed by atoms with Gasteiger partial charge in [0.1, 0.15) is 0 Å². The molecule has 0 aromatic heterocycles. The molecule has 0 unspecified atom stereocenters. The van der Waals surface area contributed by atoms with Gasteiger partial charge in [-0.3, -0.25) is 4.99 Å². The van der Waals surface area contributed by atoms with Crippen molar-refractivity contribution in [3.8, 4) is 0 Å². The third-order valence-electron chi connectivity index (χ3n) is 0.779. The number of rotatable bonds is 2. The molecule has 0 rings (SSSR count). The van der Waals surface area contributed by atoms with E-state index in [0.717, 1.165) is 0 Å². The van der Waals surface area contributed by atoms with Crippen LogP contribution in [-0.4, -0.2) is 17.4 Å². The molecule has 0 aromatic rings. The van der Waals surface area contributed by atoms with E-state index in [1.807, 2.05) is 27.7 Å². The molecule has 3 heteroatoms. The summed E-state index contributed by atoms with van der Waals surface area (Å²) in [5.41, 5.74) is 0. The molecule has 60 valence electrons. The van der Waals surface area contributed by atoms with Crippen LogP contribution < -0.4 is 5.32 Å². The molecule has 0 spiro atoms. The standard InChI is InChI=1S/C7H15ClN2/c1-5(2)9-7(8)10-6(3)4/h5-6H,1-4H3,(H,9,10). The van der Waals surface area contributed by atoms with Crippen molar-refractivity contribution < 1.29 is 0 Å². The van der Waals surface area contributed by atoms with Gasteiger partial charge >= 0.3 is 0 Å². The Hall–Kier alpha value is -0.240. The SMILES string of the molecule is CC(C)N=C(Cl)NC(C)C. The topological polar surface area (TPSA) is 24.4 Å². The quantitative estimate of drug-likeness (QED) is 0.375. The molecular weight excluding hydrogens is 148 g/mol. The zero-order valence-corrected chi connectivity index (χ0v) is 7.74. The summed E-state index contributed by atoms with van der Waals surface area (Å²) in [6, 6.07) is 0.619. The smallest absolute Gasteiger partial charge is 0.191 e. The number of hydrogen-bond acceptors (Lipinski definition) is 1. The van der Waals surface area contributed by atoms with Crippen LogP contribution >= 0.6 is 11.6 Å². The Morgan fingerprint density at radius 3 is 2.10 bits per heavy atom. The van der Waals surface area contributed by atoms with Crippen LogP contribution in [0.25, 0.3) is 0 Å². The van der Waals surface area contributed by atoms with Gasteiger partial charge in [0.15, 0.2) is 5.29 Å². The molecule has 0 fully saturated rings. The molecule has 0 radical (unpaired) electrons. The van der Waals surface area contributed by atoms with Crippen LogP contribution in [0.1, 0.15) is 27.7 Å². The van der Waals surface area contributed by atoms with Gasteiger partial charge in [-0.1, -0.05) is 0 Å². The number of amidine groups is 1. The van der Waals surface area contributed by atoms with Crippen LogP contribution in [0.2, 0.25) is 0 Å². The monoisotopic (exact) mass is 162 g/mol. The molecule has 0 saturated carbocycles. The molecular formula is C7H15ClN2. The first-order chi connectivity index (χ1) is 4.52. The summed E-state index contributed by atoms with van der Waals surface area (Å²) in [5.74, 6) is 0. The molecule has 0 aliphatic rings. The lowest BCUT2D eigenvalue weighted by Crippen LogP contribution is -2.26. The van der Waals surface area contributed by atoms with Gasteiger partial charge in [0, 0.05) is 12.1 Å². The van der Waals surface area contributed by atoms with Crippen LogP contribution in [-0.2, 0) is 0 Å². The predicted molar refractivity (Wildman–Crippen MR) is 46.7 cm³/mol.